The van der Waals surface area contributed by atoms with Crippen molar-refractivity contribution in [1.82, 2.24) is 0 Å². The molecule has 0 heterocycles. The van der Waals surface area contributed by atoms with Crippen LogP contribution in [-0.2, 0) is 9.53 Å². The van der Waals surface area contributed by atoms with Gasteiger partial charge in [0.15, 0.2) is 6.10 Å². The first-order valence-electron chi connectivity index (χ1n) is 7.83. The minimum atomic E-state index is -1.15. The Bertz CT molecular complexity index is 801. The van der Waals surface area contributed by atoms with Crippen molar-refractivity contribution in [2.45, 2.75) is 13.0 Å². The number of hydrogen-bond acceptors (Lipinski definition) is 5. The maximum atomic E-state index is 13.7. The third-order valence-corrected chi connectivity index (χ3v) is 3.65. The standard InChI is InChI=1S/C18H18ClFN2O4/c1-11(17(24)22-16-7-6-12(19)10-14(16)20)26-18(25)13-4-2-3-5-15(13)21-8-9-23/h2-7,10-11,21,23H,8-9H2,1H3,(H,22,24). The monoisotopic (exact) mass is 380 g/mol. The molecule has 0 aliphatic heterocycles. The highest BCUT2D eigenvalue weighted by Gasteiger charge is 2.21. The number of anilines is 2. The van der Waals surface area contributed by atoms with E-state index in [2.05, 4.69) is 10.6 Å². The van der Waals surface area contributed by atoms with Crippen molar-refractivity contribution in [3.05, 3.63) is 58.9 Å². The molecular formula is C18H18ClFN2O4. The Morgan fingerprint density at radius 2 is 1.96 bits per heavy atom. The molecule has 2 rings (SSSR count). The average Bonchev–Trinajstić information content (AvgIpc) is 2.62. The zero-order chi connectivity index (χ0) is 19.1. The topological polar surface area (TPSA) is 87.7 Å². The van der Waals surface area contributed by atoms with Crippen LogP contribution < -0.4 is 10.6 Å². The Morgan fingerprint density at radius 1 is 1.23 bits per heavy atom. The summed E-state index contributed by atoms with van der Waals surface area (Å²) < 4.78 is 18.9. The third-order valence-electron chi connectivity index (χ3n) is 3.42. The maximum Gasteiger partial charge on any atom is 0.341 e. The largest absolute Gasteiger partial charge is 0.449 e. The lowest BCUT2D eigenvalue weighted by molar-refractivity contribution is -0.123. The summed E-state index contributed by atoms with van der Waals surface area (Å²) in [5, 5.41) is 14.3. The molecule has 2 aromatic rings. The SMILES string of the molecule is CC(OC(=O)c1ccccc1NCCO)C(=O)Nc1ccc(Cl)cc1F. The molecule has 3 N–H and O–H groups in total. The number of ether oxygens (including phenoxy) is 1. The molecule has 0 fully saturated rings. The first-order chi connectivity index (χ1) is 12.4. The quantitative estimate of drug-likeness (QED) is 0.642. The summed E-state index contributed by atoms with van der Waals surface area (Å²) in [6.07, 6.45) is -1.15. The highest BCUT2D eigenvalue weighted by Crippen LogP contribution is 2.20. The number of nitrogens with one attached hydrogen (secondary N) is 2. The van der Waals surface area contributed by atoms with Gasteiger partial charge in [-0.15, -0.1) is 0 Å². The van der Waals surface area contributed by atoms with Crippen LogP contribution in [0.25, 0.3) is 0 Å². The molecule has 8 heteroatoms. The van der Waals surface area contributed by atoms with Crippen molar-refractivity contribution in [1.29, 1.82) is 0 Å². The van der Waals surface area contributed by atoms with E-state index in [9.17, 15) is 14.0 Å². The number of carbonyl (C=O) groups excluding carboxylic acids is 2. The lowest BCUT2D eigenvalue weighted by atomic mass is 10.1. The number of aliphatic hydroxyl groups excluding tert-OH is 1. The van der Waals surface area contributed by atoms with E-state index in [-0.39, 0.29) is 29.4 Å². The van der Waals surface area contributed by atoms with Crippen LogP contribution in [0.3, 0.4) is 0 Å². The predicted octanol–water partition coefficient (Wildman–Crippen LogP) is 3.07. The van der Waals surface area contributed by atoms with Crippen LogP contribution >= 0.6 is 11.6 Å². The van der Waals surface area contributed by atoms with E-state index in [1.54, 1.807) is 18.2 Å². The normalized spacial score (nSPS) is 11.5. The summed E-state index contributed by atoms with van der Waals surface area (Å²) in [6, 6.07) is 10.4. The molecule has 138 valence electrons. The van der Waals surface area contributed by atoms with Gasteiger partial charge in [-0.3, -0.25) is 4.79 Å². The smallest absolute Gasteiger partial charge is 0.341 e. The molecule has 0 saturated heterocycles. The van der Waals surface area contributed by atoms with Crippen molar-refractivity contribution >= 4 is 34.9 Å². The van der Waals surface area contributed by atoms with E-state index >= 15 is 0 Å². The molecule has 1 atom stereocenters. The highest BCUT2D eigenvalue weighted by atomic mass is 35.5. The lowest BCUT2D eigenvalue weighted by Crippen LogP contribution is -2.30. The van der Waals surface area contributed by atoms with E-state index in [0.29, 0.717) is 5.69 Å². The van der Waals surface area contributed by atoms with Crippen LogP contribution in [0, 0.1) is 5.82 Å². The first kappa shape index (κ1) is 19.7. The number of para-hydroxylation sites is 1. The molecule has 1 unspecified atom stereocenters. The molecule has 0 aliphatic rings. The molecule has 26 heavy (non-hydrogen) atoms. The van der Waals surface area contributed by atoms with E-state index < -0.39 is 23.8 Å². The number of amides is 1. The number of halogens is 2. The Kier molecular flexibility index (Phi) is 6.94. The van der Waals surface area contributed by atoms with Gasteiger partial charge >= 0.3 is 5.97 Å². The molecular weight excluding hydrogens is 363 g/mol. The molecule has 0 aliphatic carbocycles. The van der Waals surface area contributed by atoms with Gasteiger partial charge in [0.1, 0.15) is 5.82 Å². The second-order valence-electron chi connectivity index (χ2n) is 5.36. The predicted molar refractivity (Wildman–Crippen MR) is 96.9 cm³/mol. The average molecular weight is 381 g/mol. The Labute approximate surface area is 154 Å². The molecule has 6 nitrogen and oxygen atoms in total. The molecule has 1 amide bonds. The molecule has 0 bridgehead atoms. The summed E-state index contributed by atoms with van der Waals surface area (Å²) in [5.74, 6) is -2.09. The van der Waals surface area contributed by atoms with E-state index in [1.165, 1.54) is 25.1 Å². The fraction of sp³-hybridized carbons (Fsp3) is 0.222. The van der Waals surface area contributed by atoms with E-state index in [0.717, 1.165) is 6.07 Å². The van der Waals surface area contributed by atoms with E-state index in [4.69, 9.17) is 21.4 Å². The Balaban J connectivity index is 2.03. The summed E-state index contributed by atoms with van der Waals surface area (Å²) in [6.45, 7) is 1.54. The zero-order valence-electron chi connectivity index (χ0n) is 14.0. The van der Waals surface area contributed by atoms with Gasteiger partial charge in [-0.2, -0.15) is 0 Å². The minimum Gasteiger partial charge on any atom is -0.449 e. The van der Waals surface area contributed by atoms with Gasteiger partial charge in [0.25, 0.3) is 5.91 Å². The number of rotatable bonds is 7. The Hall–Kier alpha value is -2.64. The fourth-order valence-electron chi connectivity index (χ4n) is 2.11. The summed E-state index contributed by atoms with van der Waals surface area (Å²) in [7, 11) is 0. The molecule has 0 radical (unpaired) electrons. The number of esters is 1. The molecule has 2 aromatic carbocycles. The fourth-order valence-corrected chi connectivity index (χ4v) is 2.27. The van der Waals surface area contributed by atoms with Gasteiger partial charge in [0.2, 0.25) is 0 Å². The summed E-state index contributed by atoms with van der Waals surface area (Å²) in [4.78, 5) is 24.4. The van der Waals surface area contributed by atoms with Gasteiger partial charge in [-0.05, 0) is 37.3 Å². The van der Waals surface area contributed by atoms with Gasteiger partial charge in [0, 0.05) is 17.3 Å². The van der Waals surface area contributed by atoms with Crippen molar-refractivity contribution in [3.63, 3.8) is 0 Å². The van der Waals surface area contributed by atoms with Gasteiger partial charge in [-0.25, -0.2) is 9.18 Å². The molecule has 0 saturated carbocycles. The van der Waals surface area contributed by atoms with Crippen LogP contribution in [0.1, 0.15) is 17.3 Å². The summed E-state index contributed by atoms with van der Waals surface area (Å²) in [5.41, 5.74) is 0.633. The van der Waals surface area contributed by atoms with Gasteiger partial charge < -0.3 is 20.5 Å². The summed E-state index contributed by atoms with van der Waals surface area (Å²) >= 11 is 5.66. The van der Waals surface area contributed by atoms with Crippen molar-refractivity contribution < 1.29 is 23.8 Å². The second-order valence-corrected chi connectivity index (χ2v) is 5.79. The van der Waals surface area contributed by atoms with Crippen LogP contribution in [-0.4, -0.2) is 36.2 Å². The Morgan fingerprint density at radius 3 is 2.65 bits per heavy atom. The lowest BCUT2D eigenvalue weighted by Gasteiger charge is -2.16. The van der Waals surface area contributed by atoms with E-state index in [1.807, 2.05) is 0 Å². The molecule has 0 spiro atoms. The van der Waals surface area contributed by atoms with Gasteiger partial charge in [0.05, 0.1) is 17.9 Å². The number of aliphatic hydroxyl groups is 1. The van der Waals surface area contributed by atoms with Crippen molar-refractivity contribution in [2.75, 3.05) is 23.8 Å². The zero-order valence-corrected chi connectivity index (χ0v) is 14.7. The van der Waals surface area contributed by atoms with Crippen molar-refractivity contribution in [2.24, 2.45) is 0 Å². The number of carbonyl (C=O) groups is 2. The van der Waals surface area contributed by atoms with Crippen molar-refractivity contribution in [3.8, 4) is 0 Å². The van der Waals surface area contributed by atoms with Crippen LogP contribution in [0.5, 0.6) is 0 Å². The van der Waals surface area contributed by atoms with Crippen LogP contribution in [0.15, 0.2) is 42.5 Å². The highest BCUT2D eigenvalue weighted by molar-refractivity contribution is 6.30. The number of benzene rings is 2. The third kappa shape index (κ3) is 5.18. The second kappa shape index (κ2) is 9.17. The molecule has 0 aromatic heterocycles. The van der Waals surface area contributed by atoms with Crippen LogP contribution in [0.4, 0.5) is 15.8 Å². The number of hydrogen-bond donors (Lipinski definition) is 3. The van der Waals surface area contributed by atoms with Crippen LogP contribution in [0.2, 0.25) is 5.02 Å². The van der Waals surface area contributed by atoms with Gasteiger partial charge in [-0.1, -0.05) is 23.7 Å². The first-order valence-corrected chi connectivity index (χ1v) is 8.21. The maximum absolute atomic E-state index is 13.7. The minimum absolute atomic E-state index is 0.0627.